The van der Waals surface area contributed by atoms with Crippen LogP contribution in [0.2, 0.25) is 0 Å². The molecule has 2 N–H and O–H groups in total. The minimum Gasteiger partial charge on any atom is -0.392 e. The van der Waals surface area contributed by atoms with Gasteiger partial charge in [0.2, 0.25) is 10.0 Å². The van der Waals surface area contributed by atoms with E-state index in [4.69, 9.17) is 0 Å². The van der Waals surface area contributed by atoms with E-state index in [0.717, 1.165) is 42.4 Å². The summed E-state index contributed by atoms with van der Waals surface area (Å²) >= 11 is 0. The fourth-order valence-corrected chi connectivity index (χ4v) is 6.02. The number of hydrogen-bond acceptors (Lipinski definition) is 3. The highest BCUT2D eigenvalue weighted by molar-refractivity contribution is 7.88. The van der Waals surface area contributed by atoms with Gasteiger partial charge in [-0.15, -0.1) is 0 Å². The van der Waals surface area contributed by atoms with Crippen molar-refractivity contribution in [2.45, 2.75) is 76.2 Å². The summed E-state index contributed by atoms with van der Waals surface area (Å²) in [7, 11) is -3.53. The highest BCUT2D eigenvalue weighted by atomic mass is 32.2. The third kappa shape index (κ3) is 6.93. The Morgan fingerprint density at radius 3 is 2.03 bits per heavy atom. The number of hydrogen-bond donors (Lipinski definition) is 2. The summed E-state index contributed by atoms with van der Waals surface area (Å²) in [5.41, 5.74) is 2.51. The predicted octanol–water partition coefficient (Wildman–Crippen LogP) is 5.48. The highest BCUT2D eigenvalue weighted by Gasteiger charge is 2.29. The molecule has 164 valence electrons. The molecule has 0 amide bonds. The Bertz CT molecular complexity index is 857. The molecule has 0 heterocycles. The van der Waals surface area contributed by atoms with Crippen LogP contribution in [0.1, 0.15) is 80.5 Å². The zero-order valence-corrected chi connectivity index (χ0v) is 18.6. The second-order valence-corrected chi connectivity index (χ2v) is 10.3. The minimum absolute atomic E-state index is 0.0294. The Hall–Kier alpha value is -1.69. The summed E-state index contributed by atoms with van der Waals surface area (Å²) < 4.78 is 29.3. The lowest BCUT2D eigenvalue weighted by atomic mass is 9.83. The van der Waals surface area contributed by atoms with Crippen LogP contribution in [-0.2, 0) is 22.4 Å². The highest BCUT2D eigenvalue weighted by Crippen LogP contribution is 2.34. The van der Waals surface area contributed by atoms with Gasteiger partial charge in [-0.25, -0.2) is 13.1 Å². The third-order valence-corrected chi connectivity index (χ3v) is 7.51. The maximum atomic E-state index is 13.1. The van der Waals surface area contributed by atoms with E-state index in [0.29, 0.717) is 0 Å². The lowest BCUT2D eigenvalue weighted by Gasteiger charge is -2.30. The summed E-state index contributed by atoms with van der Waals surface area (Å²) in [6.07, 6.45) is 10.5. The number of nitrogens with one attached hydrogen (secondary N) is 1. The average Bonchev–Trinajstić information content (AvgIpc) is 2.76. The van der Waals surface area contributed by atoms with Crippen LogP contribution in [0, 0.1) is 5.92 Å². The maximum Gasteiger partial charge on any atom is 0.216 e. The first kappa shape index (κ1) is 23.0. The summed E-state index contributed by atoms with van der Waals surface area (Å²) in [5, 5.41) is 9.90. The van der Waals surface area contributed by atoms with Gasteiger partial charge in [0, 0.05) is 6.04 Å². The second kappa shape index (κ2) is 11.6. The van der Waals surface area contributed by atoms with Crippen molar-refractivity contribution in [2.75, 3.05) is 0 Å². The van der Waals surface area contributed by atoms with Gasteiger partial charge in [0.15, 0.2) is 0 Å². The summed E-state index contributed by atoms with van der Waals surface area (Å²) in [4.78, 5) is 0. The van der Waals surface area contributed by atoms with Gasteiger partial charge in [-0.05, 0) is 35.4 Å². The van der Waals surface area contributed by atoms with Crippen molar-refractivity contribution in [3.63, 3.8) is 0 Å². The van der Waals surface area contributed by atoms with Crippen molar-refractivity contribution in [1.29, 1.82) is 0 Å². The van der Waals surface area contributed by atoms with Gasteiger partial charge >= 0.3 is 0 Å². The molecular formula is C25H35NO3S. The first-order valence-corrected chi connectivity index (χ1v) is 13.0. The lowest BCUT2D eigenvalue weighted by Crippen LogP contribution is -2.35. The molecule has 1 aliphatic rings. The van der Waals surface area contributed by atoms with Crippen molar-refractivity contribution in [3.8, 4) is 0 Å². The van der Waals surface area contributed by atoms with E-state index in [1.807, 2.05) is 54.6 Å². The van der Waals surface area contributed by atoms with Gasteiger partial charge in [0.05, 0.1) is 12.4 Å². The Balaban J connectivity index is 1.88. The molecule has 0 aliphatic heterocycles. The molecule has 1 saturated carbocycles. The lowest BCUT2D eigenvalue weighted by molar-refractivity contribution is 0.273. The first-order chi connectivity index (χ1) is 14.6. The molecule has 0 bridgehead atoms. The molecule has 2 aromatic carbocycles. The van der Waals surface area contributed by atoms with Crippen LogP contribution < -0.4 is 4.72 Å². The molecular weight excluding hydrogens is 394 g/mol. The second-order valence-electron chi connectivity index (χ2n) is 8.51. The first-order valence-electron chi connectivity index (χ1n) is 11.3. The van der Waals surface area contributed by atoms with E-state index in [1.54, 1.807) is 0 Å². The van der Waals surface area contributed by atoms with E-state index in [-0.39, 0.29) is 24.3 Å². The molecule has 1 atom stereocenters. The third-order valence-electron chi connectivity index (χ3n) is 6.19. The van der Waals surface area contributed by atoms with Gasteiger partial charge in [-0.2, -0.15) is 0 Å². The van der Waals surface area contributed by atoms with E-state index >= 15 is 0 Å². The molecule has 0 saturated heterocycles. The fraction of sp³-hybridized carbons (Fsp3) is 0.520. The van der Waals surface area contributed by atoms with Crippen LogP contribution in [0.3, 0.4) is 0 Å². The standard InChI is InChI=1S/C25H35NO3S/c27-19-23-17-11-12-18-24(23)25(22-15-9-4-2-1-3-5-10-16-22)26-30(28,29)20-21-13-7-6-8-14-21/h6-8,11-14,17-18,22,25-27H,1-5,9-10,15-16,19-20H2. The van der Waals surface area contributed by atoms with Gasteiger partial charge in [-0.1, -0.05) is 99.5 Å². The molecule has 4 nitrogen and oxygen atoms in total. The number of benzene rings is 2. The summed E-state index contributed by atoms with van der Waals surface area (Å²) in [6, 6.07) is 16.7. The van der Waals surface area contributed by atoms with Crippen molar-refractivity contribution in [3.05, 3.63) is 71.3 Å². The predicted molar refractivity (Wildman–Crippen MR) is 122 cm³/mol. The molecule has 1 unspecified atom stereocenters. The quantitative estimate of drug-likeness (QED) is 0.612. The smallest absolute Gasteiger partial charge is 0.216 e. The van der Waals surface area contributed by atoms with Crippen LogP contribution in [0.25, 0.3) is 0 Å². The zero-order valence-electron chi connectivity index (χ0n) is 17.8. The molecule has 5 heteroatoms. The van der Waals surface area contributed by atoms with E-state index in [2.05, 4.69) is 4.72 Å². The number of sulfonamides is 1. The minimum atomic E-state index is -3.53. The SMILES string of the molecule is O=S(=O)(Cc1ccccc1)NC(c1ccccc1CO)C1CCCCCCCCC1. The average molecular weight is 430 g/mol. The van der Waals surface area contributed by atoms with Crippen molar-refractivity contribution in [1.82, 2.24) is 4.72 Å². The summed E-state index contributed by atoms with van der Waals surface area (Å²) in [6.45, 7) is -0.0835. The largest absolute Gasteiger partial charge is 0.392 e. The normalized spacial score (nSPS) is 18.0. The van der Waals surface area contributed by atoms with Crippen LogP contribution in [-0.4, -0.2) is 13.5 Å². The van der Waals surface area contributed by atoms with E-state index in [1.165, 1.54) is 32.1 Å². The number of aliphatic hydroxyl groups is 1. The Kier molecular flexibility index (Phi) is 8.91. The molecule has 0 spiro atoms. The van der Waals surface area contributed by atoms with Crippen molar-refractivity contribution < 1.29 is 13.5 Å². The van der Waals surface area contributed by atoms with Crippen LogP contribution in [0.4, 0.5) is 0 Å². The fourth-order valence-electron chi connectivity index (χ4n) is 4.60. The molecule has 3 rings (SSSR count). The molecule has 1 fully saturated rings. The van der Waals surface area contributed by atoms with Crippen LogP contribution in [0.15, 0.2) is 54.6 Å². The Labute approximate surface area is 181 Å². The van der Waals surface area contributed by atoms with E-state index < -0.39 is 10.0 Å². The molecule has 2 aromatic rings. The number of rotatable bonds is 7. The van der Waals surface area contributed by atoms with Crippen molar-refractivity contribution in [2.24, 2.45) is 5.92 Å². The summed E-state index contributed by atoms with van der Waals surface area (Å²) in [5.74, 6) is 0.208. The Morgan fingerprint density at radius 2 is 1.40 bits per heavy atom. The molecule has 1 aliphatic carbocycles. The van der Waals surface area contributed by atoms with Crippen LogP contribution >= 0.6 is 0 Å². The molecule has 0 radical (unpaired) electrons. The Morgan fingerprint density at radius 1 is 0.833 bits per heavy atom. The monoisotopic (exact) mass is 429 g/mol. The van der Waals surface area contributed by atoms with Gasteiger partial charge in [-0.3, -0.25) is 0 Å². The van der Waals surface area contributed by atoms with Gasteiger partial charge in [0.1, 0.15) is 0 Å². The number of aliphatic hydroxyl groups excluding tert-OH is 1. The van der Waals surface area contributed by atoms with Gasteiger partial charge in [0.25, 0.3) is 0 Å². The molecule has 0 aromatic heterocycles. The van der Waals surface area contributed by atoms with Crippen LogP contribution in [0.5, 0.6) is 0 Å². The van der Waals surface area contributed by atoms with E-state index in [9.17, 15) is 13.5 Å². The molecule has 30 heavy (non-hydrogen) atoms. The topological polar surface area (TPSA) is 66.4 Å². The zero-order chi connectivity index (χ0) is 21.2. The maximum absolute atomic E-state index is 13.1. The van der Waals surface area contributed by atoms with Crippen molar-refractivity contribution >= 4 is 10.0 Å². The van der Waals surface area contributed by atoms with Gasteiger partial charge < -0.3 is 5.11 Å².